The fourth-order valence-corrected chi connectivity index (χ4v) is 4.35. The van der Waals surface area contributed by atoms with Crippen molar-refractivity contribution in [2.75, 3.05) is 33.0 Å². The van der Waals surface area contributed by atoms with Gasteiger partial charge in [0.2, 0.25) is 12.5 Å². The molecule has 0 atom stereocenters. The maximum atomic E-state index is 13.0. The molecule has 9 heteroatoms. The summed E-state index contributed by atoms with van der Waals surface area (Å²) in [5.74, 6) is 2.51. The molecule has 0 spiro atoms. The van der Waals surface area contributed by atoms with E-state index in [1.807, 2.05) is 0 Å². The van der Waals surface area contributed by atoms with E-state index in [1.165, 1.54) is 23.8 Å². The highest BCUT2D eigenvalue weighted by Gasteiger charge is 2.34. The largest absolute Gasteiger partial charge is 0.493 e. The van der Waals surface area contributed by atoms with Crippen LogP contribution in [0.5, 0.6) is 28.7 Å². The molecule has 1 saturated heterocycles. The summed E-state index contributed by atoms with van der Waals surface area (Å²) in [6.07, 6.45) is 1.75. The standard InChI is InChI=1S/C20H17NO6S2/c1-23-15-6-11(7-16(24-2)18(15)25-3)8-17-19(22)21(20(28)29-17)12-4-5-13-14(9-12)27-10-26-13/h4-9H,10H2,1-3H3/b17-8-. The molecule has 0 radical (unpaired) electrons. The molecule has 2 heterocycles. The molecule has 4 rings (SSSR count). The molecule has 0 bridgehead atoms. The average molecular weight is 431 g/mol. The second-order valence-corrected chi connectivity index (χ2v) is 7.69. The Kier molecular flexibility index (Phi) is 5.25. The smallest absolute Gasteiger partial charge is 0.270 e. The van der Waals surface area contributed by atoms with Crippen molar-refractivity contribution in [3.05, 3.63) is 40.8 Å². The first kappa shape index (κ1) is 19.4. The molecule has 2 aliphatic heterocycles. The van der Waals surface area contributed by atoms with Crippen LogP contribution in [-0.2, 0) is 4.79 Å². The van der Waals surface area contributed by atoms with Crippen molar-refractivity contribution in [2.45, 2.75) is 0 Å². The maximum Gasteiger partial charge on any atom is 0.270 e. The van der Waals surface area contributed by atoms with E-state index in [9.17, 15) is 4.79 Å². The van der Waals surface area contributed by atoms with Gasteiger partial charge in [-0.05, 0) is 35.9 Å². The van der Waals surface area contributed by atoms with Crippen molar-refractivity contribution in [3.63, 3.8) is 0 Å². The zero-order valence-corrected chi connectivity index (χ0v) is 17.5. The zero-order chi connectivity index (χ0) is 20.5. The molecule has 0 saturated carbocycles. The van der Waals surface area contributed by atoms with E-state index in [4.69, 9.17) is 35.9 Å². The molecule has 1 amide bonds. The van der Waals surface area contributed by atoms with Crippen molar-refractivity contribution >= 4 is 46.0 Å². The number of benzene rings is 2. The van der Waals surface area contributed by atoms with Gasteiger partial charge < -0.3 is 23.7 Å². The Morgan fingerprint density at radius 1 is 1.03 bits per heavy atom. The van der Waals surface area contributed by atoms with E-state index in [1.54, 1.807) is 50.6 Å². The van der Waals surface area contributed by atoms with Gasteiger partial charge in [0.25, 0.3) is 5.91 Å². The van der Waals surface area contributed by atoms with Gasteiger partial charge in [-0.3, -0.25) is 9.69 Å². The Bertz CT molecular complexity index is 1010. The SMILES string of the molecule is COc1cc(/C=C2\SC(=S)N(c3ccc4c(c3)OCO4)C2=O)cc(OC)c1OC. The minimum Gasteiger partial charge on any atom is -0.493 e. The molecule has 1 fully saturated rings. The normalized spacial score (nSPS) is 16.5. The van der Waals surface area contributed by atoms with Crippen LogP contribution in [0, 0.1) is 0 Å². The van der Waals surface area contributed by atoms with Crippen LogP contribution < -0.4 is 28.6 Å². The van der Waals surface area contributed by atoms with Crippen LogP contribution in [-0.4, -0.2) is 38.4 Å². The third kappa shape index (κ3) is 3.47. The third-order valence-corrected chi connectivity index (χ3v) is 5.70. The van der Waals surface area contributed by atoms with Crippen LogP contribution >= 0.6 is 24.0 Å². The van der Waals surface area contributed by atoms with Gasteiger partial charge in [0.05, 0.1) is 31.9 Å². The topological polar surface area (TPSA) is 66.5 Å². The lowest BCUT2D eigenvalue weighted by atomic mass is 10.1. The van der Waals surface area contributed by atoms with Crippen molar-refractivity contribution in [1.82, 2.24) is 0 Å². The summed E-state index contributed by atoms with van der Waals surface area (Å²) in [6.45, 7) is 0.165. The lowest BCUT2D eigenvalue weighted by Gasteiger charge is -2.15. The van der Waals surface area contributed by atoms with Crippen molar-refractivity contribution in [2.24, 2.45) is 0 Å². The number of ether oxygens (including phenoxy) is 5. The molecule has 0 aromatic heterocycles. The monoisotopic (exact) mass is 431 g/mol. The van der Waals surface area contributed by atoms with Gasteiger partial charge in [0.1, 0.15) is 0 Å². The van der Waals surface area contributed by atoms with E-state index in [-0.39, 0.29) is 12.7 Å². The van der Waals surface area contributed by atoms with E-state index in [2.05, 4.69) is 0 Å². The number of fused-ring (bicyclic) bond motifs is 1. The van der Waals surface area contributed by atoms with Crippen molar-refractivity contribution in [3.8, 4) is 28.7 Å². The third-order valence-electron chi connectivity index (χ3n) is 4.39. The molecule has 150 valence electrons. The number of nitrogens with zero attached hydrogens (tertiary/aromatic N) is 1. The highest BCUT2D eigenvalue weighted by atomic mass is 32.2. The molecule has 2 aromatic carbocycles. The molecule has 0 aliphatic carbocycles. The van der Waals surface area contributed by atoms with Gasteiger partial charge in [0.15, 0.2) is 27.3 Å². The van der Waals surface area contributed by atoms with Crippen LogP contribution in [0.3, 0.4) is 0 Å². The summed E-state index contributed by atoms with van der Waals surface area (Å²) < 4.78 is 27.3. The van der Waals surface area contributed by atoms with E-state index in [0.29, 0.717) is 43.7 Å². The molecular formula is C20H17NO6S2. The first-order chi connectivity index (χ1) is 14.0. The van der Waals surface area contributed by atoms with Crippen LogP contribution in [0.15, 0.2) is 35.2 Å². The number of rotatable bonds is 5. The fraction of sp³-hybridized carbons (Fsp3) is 0.200. The highest BCUT2D eigenvalue weighted by molar-refractivity contribution is 8.27. The summed E-state index contributed by atoms with van der Waals surface area (Å²) in [4.78, 5) is 15.0. The number of methoxy groups -OCH3 is 3. The minimum absolute atomic E-state index is 0.165. The van der Waals surface area contributed by atoms with Crippen LogP contribution in [0.4, 0.5) is 5.69 Å². The molecule has 2 aromatic rings. The number of carbonyl (C=O) groups is 1. The molecule has 2 aliphatic rings. The fourth-order valence-electron chi connectivity index (χ4n) is 3.05. The molecular weight excluding hydrogens is 414 g/mol. The zero-order valence-electron chi connectivity index (χ0n) is 15.9. The Morgan fingerprint density at radius 2 is 1.72 bits per heavy atom. The minimum atomic E-state index is -0.215. The van der Waals surface area contributed by atoms with Gasteiger partial charge in [-0.2, -0.15) is 0 Å². The number of amides is 1. The molecule has 0 N–H and O–H groups in total. The predicted molar refractivity (Wildman–Crippen MR) is 114 cm³/mol. The first-order valence-electron chi connectivity index (χ1n) is 8.53. The maximum absolute atomic E-state index is 13.0. The van der Waals surface area contributed by atoms with Gasteiger partial charge >= 0.3 is 0 Å². The van der Waals surface area contributed by atoms with E-state index in [0.717, 1.165) is 5.56 Å². The lowest BCUT2D eigenvalue weighted by Crippen LogP contribution is -2.27. The summed E-state index contributed by atoms with van der Waals surface area (Å²) in [6, 6.07) is 8.83. The molecule has 29 heavy (non-hydrogen) atoms. The second-order valence-electron chi connectivity index (χ2n) is 6.01. The lowest BCUT2D eigenvalue weighted by molar-refractivity contribution is -0.113. The van der Waals surface area contributed by atoms with Gasteiger partial charge in [-0.1, -0.05) is 24.0 Å². The summed E-state index contributed by atoms with van der Waals surface area (Å²) in [5.41, 5.74) is 1.36. The van der Waals surface area contributed by atoms with E-state index >= 15 is 0 Å². The Morgan fingerprint density at radius 3 is 2.38 bits per heavy atom. The van der Waals surface area contributed by atoms with E-state index < -0.39 is 0 Å². The predicted octanol–water partition coefficient (Wildman–Crippen LogP) is 3.85. The first-order valence-corrected chi connectivity index (χ1v) is 9.75. The Balaban J connectivity index is 1.68. The second kappa shape index (κ2) is 7.84. The van der Waals surface area contributed by atoms with Crippen molar-refractivity contribution < 1.29 is 28.5 Å². The van der Waals surface area contributed by atoms with Crippen molar-refractivity contribution in [1.29, 1.82) is 0 Å². The summed E-state index contributed by atoms with van der Waals surface area (Å²) in [7, 11) is 4.62. The van der Waals surface area contributed by atoms with Crippen LogP contribution in [0.2, 0.25) is 0 Å². The number of anilines is 1. The average Bonchev–Trinajstić information content (AvgIpc) is 3.30. The number of thioether (sulfide) groups is 1. The number of hydrogen-bond donors (Lipinski definition) is 0. The van der Waals surface area contributed by atoms with Crippen LogP contribution in [0.1, 0.15) is 5.56 Å². The summed E-state index contributed by atoms with van der Waals surface area (Å²) >= 11 is 6.67. The highest BCUT2D eigenvalue weighted by Crippen LogP contribution is 2.42. The molecule has 0 unspecified atom stereocenters. The van der Waals surface area contributed by atoms with Gasteiger partial charge in [-0.15, -0.1) is 0 Å². The Hall–Kier alpha value is -2.91. The number of thiocarbonyl (C=S) groups is 1. The molecule has 7 nitrogen and oxygen atoms in total. The summed E-state index contributed by atoms with van der Waals surface area (Å²) in [5, 5.41) is 0. The number of carbonyl (C=O) groups excluding carboxylic acids is 1. The quantitative estimate of drug-likeness (QED) is 0.523. The van der Waals surface area contributed by atoms with Gasteiger partial charge in [-0.25, -0.2) is 0 Å². The van der Waals surface area contributed by atoms with Crippen LogP contribution in [0.25, 0.3) is 6.08 Å². The number of hydrogen-bond acceptors (Lipinski definition) is 8. The Labute approximate surface area is 177 Å². The van der Waals surface area contributed by atoms with Gasteiger partial charge in [0, 0.05) is 6.07 Å².